The van der Waals surface area contributed by atoms with Gasteiger partial charge in [0.2, 0.25) is 5.75 Å². The molecule has 0 aliphatic carbocycles. The Kier molecular flexibility index (Phi) is 9.61. The Morgan fingerprint density at radius 1 is 1.05 bits per heavy atom. The first-order chi connectivity index (χ1) is 20.3. The van der Waals surface area contributed by atoms with E-state index in [0.29, 0.717) is 22.3 Å². The van der Waals surface area contributed by atoms with E-state index >= 15 is 0 Å². The molecule has 0 aliphatic heterocycles. The van der Waals surface area contributed by atoms with Crippen LogP contribution in [0.4, 0.5) is 5.82 Å². The van der Waals surface area contributed by atoms with Gasteiger partial charge in [0.05, 0.1) is 33.2 Å². The number of hydrogen-bond donors (Lipinski definition) is 0. The number of carbonyl (C=O) groups excluding carboxylic acids is 1. The highest BCUT2D eigenvalue weighted by Crippen LogP contribution is 2.36. The van der Waals surface area contributed by atoms with Crippen molar-refractivity contribution in [1.82, 2.24) is 19.6 Å². The molecule has 0 unspecified atom stereocenters. The van der Waals surface area contributed by atoms with Crippen LogP contribution in [0.25, 0.3) is 23.0 Å². The van der Waals surface area contributed by atoms with Crippen molar-refractivity contribution in [3.8, 4) is 28.5 Å². The Bertz CT molecular complexity index is 1700. The number of ether oxygens (including phenoxy) is 4. The number of nitrogens with zero attached hydrogens (tertiary/aromatic N) is 5. The lowest BCUT2D eigenvalue weighted by atomic mass is 10.1. The van der Waals surface area contributed by atoms with Gasteiger partial charge in [-0.3, -0.25) is 4.79 Å². The first kappa shape index (κ1) is 30.3. The van der Waals surface area contributed by atoms with Crippen LogP contribution < -0.4 is 29.9 Å². The Hall–Kier alpha value is -4.67. The number of benzene rings is 1. The SMILES string of the molecule is CCCCN(CC)c1ccc(/C=c2/c(C(=O)OC)nn3c(=O)c(OCC)c(-c4cc(OC)ccc4OC)nc23)c(C)n1. The molecule has 0 bridgehead atoms. The van der Waals surface area contributed by atoms with Gasteiger partial charge >= 0.3 is 11.5 Å². The van der Waals surface area contributed by atoms with Crippen molar-refractivity contribution >= 4 is 23.5 Å². The summed E-state index contributed by atoms with van der Waals surface area (Å²) in [5.74, 6) is 1.15. The van der Waals surface area contributed by atoms with Gasteiger partial charge in [-0.2, -0.15) is 9.61 Å². The molecular weight excluding hydrogens is 538 g/mol. The summed E-state index contributed by atoms with van der Waals surface area (Å²) in [6.07, 6.45) is 3.92. The van der Waals surface area contributed by atoms with E-state index in [-0.39, 0.29) is 29.4 Å². The Morgan fingerprint density at radius 2 is 1.83 bits per heavy atom. The molecule has 0 saturated heterocycles. The van der Waals surface area contributed by atoms with E-state index < -0.39 is 11.5 Å². The zero-order chi connectivity index (χ0) is 30.4. The van der Waals surface area contributed by atoms with Crippen LogP contribution in [0.5, 0.6) is 17.2 Å². The number of carbonyl (C=O) groups is 1. The van der Waals surface area contributed by atoms with Gasteiger partial charge in [0.1, 0.15) is 23.0 Å². The molecule has 0 aliphatic rings. The van der Waals surface area contributed by atoms with Gasteiger partial charge in [0, 0.05) is 24.3 Å². The molecule has 0 saturated carbocycles. The number of fused-ring (bicyclic) bond motifs is 1. The highest BCUT2D eigenvalue weighted by molar-refractivity contribution is 5.90. The van der Waals surface area contributed by atoms with Gasteiger partial charge in [0.25, 0.3) is 0 Å². The fourth-order valence-electron chi connectivity index (χ4n) is 4.69. The molecule has 3 aromatic heterocycles. The minimum absolute atomic E-state index is 0.0315. The maximum Gasteiger partial charge on any atom is 0.359 e. The standard InChI is InChI=1S/C31H37N5O6/c1-8-11-16-35(9-2)25-15-12-20(19(4)32-25)17-23-27(31(38)41-7)34-36-29(23)33-26(28(30(36)37)42-10-3)22-18-21(39-5)13-14-24(22)40-6/h12-15,17-18H,8-11,16H2,1-7H3/b23-17-. The summed E-state index contributed by atoms with van der Waals surface area (Å²) in [6.45, 7) is 9.89. The fraction of sp³-hybridized carbons (Fsp3) is 0.387. The second-order valence-corrected chi connectivity index (χ2v) is 9.50. The molecule has 11 heteroatoms. The normalized spacial score (nSPS) is 11.5. The van der Waals surface area contributed by atoms with Crippen molar-refractivity contribution in [1.29, 1.82) is 0 Å². The Morgan fingerprint density at radius 3 is 2.45 bits per heavy atom. The van der Waals surface area contributed by atoms with Crippen molar-refractivity contribution in [2.24, 2.45) is 0 Å². The van der Waals surface area contributed by atoms with Gasteiger partial charge in [-0.25, -0.2) is 14.8 Å². The second-order valence-electron chi connectivity index (χ2n) is 9.50. The fourth-order valence-corrected chi connectivity index (χ4v) is 4.69. The third-order valence-corrected chi connectivity index (χ3v) is 6.94. The molecule has 0 spiro atoms. The van der Waals surface area contributed by atoms with Crippen LogP contribution >= 0.6 is 0 Å². The molecular formula is C31H37N5O6. The molecule has 0 amide bonds. The van der Waals surface area contributed by atoms with Gasteiger partial charge in [-0.05, 0) is 69.2 Å². The van der Waals surface area contributed by atoms with Crippen LogP contribution in [0.2, 0.25) is 0 Å². The number of aryl methyl sites for hydroxylation is 1. The van der Waals surface area contributed by atoms with Crippen LogP contribution in [0.3, 0.4) is 0 Å². The lowest BCUT2D eigenvalue weighted by Gasteiger charge is -2.22. The topological polar surface area (TPSA) is 117 Å². The first-order valence-electron chi connectivity index (χ1n) is 14.0. The van der Waals surface area contributed by atoms with Gasteiger partial charge in [0.15, 0.2) is 11.3 Å². The number of anilines is 1. The Labute approximate surface area is 244 Å². The van der Waals surface area contributed by atoms with E-state index in [1.165, 1.54) is 14.2 Å². The summed E-state index contributed by atoms with van der Waals surface area (Å²) in [6, 6.07) is 9.07. The molecule has 4 rings (SSSR count). The van der Waals surface area contributed by atoms with E-state index in [2.05, 4.69) is 23.8 Å². The van der Waals surface area contributed by atoms with Crippen molar-refractivity contribution in [3.05, 3.63) is 62.9 Å². The summed E-state index contributed by atoms with van der Waals surface area (Å²) < 4.78 is 22.9. The third-order valence-electron chi connectivity index (χ3n) is 6.94. The number of esters is 1. The van der Waals surface area contributed by atoms with Crippen LogP contribution in [0, 0.1) is 6.92 Å². The average molecular weight is 576 g/mol. The summed E-state index contributed by atoms with van der Waals surface area (Å²) >= 11 is 0. The van der Waals surface area contributed by atoms with Crippen molar-refractivity contribution in [3.63, 3.8) is 0 Å². The highest BCUT2D eigenvalue weighted by atomic mass is 16.5. The minimum Gasteiger partial charge on any atom is -0.497 e. The lowest BCUT2D eigenvalue weighted by Crippen LogP contribution is -2.25. The molecule has 1 aromatic carbocycles. The summed E-state index contributed by atoms with van der Waals surface area (Å²) in [4.78, 5) is 38.6. The maximum atomic E-state index is 13.8. The van der Waals surface area contributed by atoms with E-state index in [1.54, 1.807) is 38.3 Å². The molecule has 0 fully saturated rings. The first-order valence-corrected chi connectivity index (χ1v) is 14.0. The maximum absolute atomic E-state index is 13.8. The molecule has 0 atom stereocenters. The summed E-state index contributed by atoms with van der Waals surface area (Å²) in [7, 11) is 4.33. The number of pyridine rings is 1. The number of unbranched alkanes of at least 4 members (excludes halogenated alkanes) is 1. The summed E-state index contributed by atoms with van der Waals surface area (Å²) in [5, 5.41) is 4.65. The molecule has 3 heterocycles. The average Bonchev–Trinajstić information content (AvgIpc) is 3.37. The largest absolute Gasteiger partial charge is 0.497 e. The van der Waals surface area contributed by atoms with Crippen molar-refractivity contribution in [2.45, 2.75) is 40.5 Å². The van der Waals surface area contributed by atoms with E-state index in [1.807, 2.05) is 19.1 Å². The zero-order valence-electron chi connectivity index (χ0n) is 25.2. The highest BCUT2D eigenvalue weighted by Gasteiger charge is 2.25. The molecule has 0 N–H and O–H groups in total. The molecule has 11 nitrogen and oxygen atoms in total. The molecule has 4 aromatic rings. The predicted octanol–water partition coefficient (Wildman–Crippen LogP) is 3.84. The van der Waals surface area contributed by atoms with E-state index in [4.69, 9.17) is 28.9 Å². The monoisotopic (exact) mass is 575 g/mol. The third kappa shape index (κ3) is 5.86. The zero-order valence-corrected chi connectivity index (χ0v) is 25.2. The van der Waals surface area contributed by atoms with Gasteiger partial charge in [-0.1, -0.05) is 13.3 Å². The van der Waals surface area contributed by atoms with E-state index in [0.717, 1.165) is 47.5 Å². The van der Waals surface area contributed by atoms with Crippen LogP contribution in [-0.4, -0.2) is 66.6 Å². The lowest BCUT2D eigenvalue weighted by molar-refractivity contribution is 0.0592. The Balaban J connectivity index is 2.02. The van der Waals surface area contributed by atoms with Crippen LogP contribution in [-0.2, 0) is 4.74 Å². The van der Waals surface area contributed by atoms with Crippen LogP contribution in [0.1, 0.15) is 55.4 Å². The number of aromatic nitrogens is 4. The minimum atomic E-state index is -0.705. The van der Waals surface area contributed by atoms with Gasteiger partial charge < -0.3 is 23.8 Å². The summed E-state index contributed by atoms with van der Waals surface area (Å²) in [5.41, 5.74) is 1.74. The van der Waals surface area contributed by atoms with Crippen molar-refractivity contribution in [2.75, 3.05) is 45.9 Å². The number of hydrogen-bond acceptors (Lipinski definition) is 10. The second kappa shape index (κ2) is 13.3. The molecule has 42 heavy (non-hydrogen) atoms. The smallest absolute Gasteiger partial charge is 0.359 e. The van der Waals surface area contributed by atoms with Crippen LogP contribution in [0.15, 0.2) is 35.1 Å². The van der Waals surface area contributed by atoms with Gasteiger partial charge in [-0.15, -0.1) is 0 Å². The molecule has 0 radical (unpaired) electrons. The quantitative estimate of drug-likeness (QED) is 0.231. The number of methoxy groups -OCH3 is 3. The number of rotatable bonds is 12. The van der Waals surface area contributed by atoms with E-state index in [9.17, 15) is 9.59 Å². The predicted molar refractivity (Wildman–Crippen MR) is 161 cm³/mol. The van der Waals surface area contributed by atoms with Crippen molar-refractivity contribution < 1.29 is 23.7 Å². The molecule has 222 valence electrons.